The van der Waals surface area contributed by atoms with Gasteiger partial charge in [0.15, 0.2) is 0 Å². The monoisotopic (exact) mass is 492 g/mol. The number of ether oxygens (including phenoxy) is 2. The van der Waals surface area contributed by atoms with Crippen LogP contribution < -0.4 is 14.8 Å². The van der Waals surface area contributed by atoms with Gasteiger partial charge in [0, 0.05) is 28.8 Å². The summed E-state index contributed by atoms with van der Waals surface area (Å²) in [6.45, 7) is 20.8. The predicted molar refractivity (Wildman–Crippen MR) is 155 cm³/mol. The number of benzene rings is 2. The molecule has 1 aromatic heterocycles. The van der Waals surface area contributed by atoms with Gasteiger partial charge < -0.3 is 13.9 Å². The van der Waals surface area contributed by atoms with E-state index in [4.69, 9.17) is 13.9 Å². The van der Waals surface area contributed by atoms with Crippen molar-refractivity contribution in [3.63, 3.8) is 0 Å². The van der Waals surface area contributed by atoms with E-state index in [1.807, 2.05) is 39.8 Å². The molecule has 1 aliphatic rings. The number of hydrogen-bond donors (Lipinski definition) is 0. The summed E-state index contributed by atoms with van der Waals surface area (Å²) in [6, 6.07) is 12.2. The van der Waals surface area contributed by atoms with Gasteiger partial charge in [-0.3, -0.25) is 0 Å². The Bertz CT molecular complexity index is 1200. The second-order valence-corrected chi connectivity index (χ2v) is 9.42. The van der Waals surface area contributed by atoms with Gasteiger partial charge in [-0.05, 0) is 65.9 Å². The van der Waals surface area contributed by atoms with Crippen molar-refractivity contribution in [3.8, 4) is 17.4 Å². The summed E-state index contributed by atoms with van der Waals surface area (Å²) in [5.41, 5.74) is 6.86. The van der Waals surface area contributed by atoms with Gasteiger partial charge in [0.05, 0.1) is 7.11 Å². The summed E-state index contributed by atoms with van der Waals surface area (Å²) < 4.78 is 17.7. The molecule has 2 aromatic carbocycles. The van der Waals surface area contributed by atoms with E-state index < -0.39 is 0 Å². The summed E-state index contributed by atoms with van der Waals surface area (Å²) in [5.74, 6) is 2.83. The first-order valence-electron chi connectivity index (χ1n) is 12.4. The maximum atomic E-state index is 6.11. The average Bonchev–Trinajstić information content (AvgIpc) is 3.42. The van der Waals surface area contributed by atoms with Crippen molar-refractivity contribution in [1.82, 2.24) is 0 Å². The Morgan fingerprint density at radius 1 is 1.00 bits per heavy atom. The SMILES string of the molecule is C=C(Cc1c(C)cc(C)cc1OC)c1ccc(Oc2cc3c(cc2P)C=CC3(C)C)o1.CC.CC. The Kier molecular flexibility index (Phi) is 9.98. The molecule has 1 atom stereocenters. The van der Waals surface area contributed by atoms with Crippen LogP contribution in [-0.4, -0.2) is 7.11 Å². The molecular formula is C31H41O3P. The van der Waals surface area contributed by atoms with Gasteiger partial charge in [0.1, 0.15) is 17.3 Å². The molecule has 0 N–H and O–H groups in total. The zero-order chi connectivity index (χ0) is 26.3. The highest BCUT2D eigenvalue weighted by molar-refractivity contribution is 7.27. The highest BCUT2D eigenvalue weighted by atomic mass is 31.0. The van der Waals surface area contributed by atoms with Crippen molar-refractivity contribution in [2.75, 3.05) is 7.11 Å². The van der Waals surface area contributed by atoms with E-state index in [0.717, 1.165) is 27.9 Å². The Hall–Kier alpha value is -2.77. The lowest BCUT2D eigenvalue weighted by Gasteiger charge is -2.19. The van der Waals surface area contributed by atoms with E-state index in [2.05, 4.69) is 79.9 Å². The highest BCUT2D eigenvalue weighted by Gasteiger charge is 2.26. The van der Waals surface area contributed by atoms with Crippen LogP contribution in [0.1, 0.15) is 75.1 Å². The minimum absolute atomic E-state index is 0.000621. The Balaban J connectivity index is 0.00000103. The third-order valence-corrected chi connectivity index (χ3v) is 6.33. The molecule has 0 spiro atoms. The molecule has 0 saturated carbocycles. The van der Waals surface area contributed by atoms with Crippen LogP contribution in [0.3, 0.4) is 0 Å². The van der Waals surface area contributed by atoms with Crippen LogP contribution in [-0.2, 0) is 11.8 Å². The first kappa shape index (κ1) is 28.5. The fraction of sp³-hybridized carbons (Fsp3) is 0.355. The molecule has 0 amide bonds. The van der Waals surface area contributed by atoms with Crippen LogP contribution in [0.25, 0.3) is 11.6 Å². The van der Waals surface area contributed by atoms with E-state index in [0.29, 0.717) is 18.1 Å². The molecule has 0 saturated heterocycles. The molecule has 4 rings (SSSR count). The number of aryl methyl sites for hydroxylation is 2. The minimum atomic E-state index is -0.000621. The topological polar surface area (TPSA) is 31.6 Å². The van der Waals surface area contributed by atoms with Crippen molar-refractivity contribution < 1.29 is 13.9 Å². The lowest BCUT2D eigenvalue weighted by molar-refractivity contribution is 0.344. The van der Waals surface area contributed by atoms with Gasteiger partial charge in [-0.25, -0.2) is 0 Å². The third-order valence-electron chi connectivity index (χ3n) is 5.88. The average molecular weight is 493 g/mol. The van der Waals surface area contributed by atoms with Crippen LogP contribution in [0.4, 0.5) is 0 Å². The van der Waals surface area contributed by atoms with Crippen molar-refractivity contribution >= 4 is 26.2 Å². The van der Waals surface area contributed by atoms with Crippen molar-refractivity contribution in [2.24, 2.45) is 0 Å². The van der Waals surface area contributed by atoms with E-state index in [-0.39, 0.29) is 5.41 Å². The lowest BCUT2D eigenvalue weighted by atomic mass is 9.87. The molecule has 188 valence electrons. The van der Waals surface area contributed by atoms with Crippen molar-refractivity contribution in [2.45, 2.75) is 67.2 Å². The van der Waals surface area contributed by atoms with Gasteiger partial charge >= 0.3 is 0 Å². The Morgan fingerprint density at radius 3 is 2.34 bits per heavy atom. The zero-order valence-electron chi connectivity index (χ0n) is 22.8. The molecule has 0 radical (unpaired) electrons. The zero-order valence-corrected chi connectivity index (χ0v) is 24.0. The van der Waals surface area contributed by atoms with Crippen LogP contribution in [0.2, 0.25) is 0 Å². The highest BCUT2D eigenvalue weighted by Crippen LogP contribution is 2.38. The Labute approximate surface area is 214 Å². The normalized spacial score (nSPS) is 12.6. The van der Waals surface area contributed by atoms with Gasteiger partial charge in [-0.15, -0.1) is 9.24 Å². The van der Waals surface area contributed by atoms with Gasteiger partial charge in [-0.1, -0.05) is 66.3 Å². The first-order chi connectivity index (χ1) is 16.7. The predicted octanol–water partition coefficient (Wildman–Crippen LogP) is 8.81. The fourth-order valence-electron chi connectivity index (χ4n) is 4.13. The van der Waals surface area contributed by atoms with Crippen LogP contribution in [0.5, 0.6) is 17.4 Å². The van der Waals surface area contributed by atoms with E-state index in [1.165, 1.54) is 22.3 Å². The molecule has 35 heavy (non-hydrogen) atoms. The van der Waals surface area contributed by atoms with E-state index in [1.54, 1.807) is 7.11 Å². The maximum absolute atomic E-state index is 6.11. The molecule has 0 bridgehead atoms. The summed E-state index contributed by atoms with van der Waals surface area (Å²) in [6.07, 6.45) is 5.04. The summed E-state index contributed by atoms with van der Waals surface area (Å²) >= 11 is 0. The minimum Gasteiger partial charge on any atom is -0.496 e. The first-order valence-corrected chi connectivity index (χ1v) is 13.0. The molecule has 0 aliphatic heterocycles. The van der Waals surface area contributed by atoms with Crippen molar-refractivity contribution in [3.05, 3.63) is 82.6 Å². The third kappa shape index (κ3) is 6.47. The summed E-state index contributed by atoms with van der Waals surface area (Å²) in [5, 5.41) is 0.998. The largest absolute Gasteiger partial charge is 0.496 e. The molecule has 3 aromatic rings. The van der Waals surface area contributed by atoms with Crippen molar-refractivity contribution in [1.29, 1.82) is 0 Å². The molecule has 3 nitrogen and oxygen atoms in total. The van der Waals surface area contributed by atoms with Crippen LogP contribution in [0, 0.1) is 13.8 Å². The molecule has 1 aliphatic carbocycles. The molecular weight excluding hydrogens is 451 g/mol. The van der Waals surface area contributed by atoms with Gasteiger partial charge in [0.25, 0.3) is 5.95 Å². The number of methoxy groups -OCH3 is 1. The Morgan fingerprint density at radius 2 is 1.69 bits per heavy atom. The smallest absolute Gasteiger partial charge is 0.290 e. The number of allylic oxidation sites excluding steroid dienone is 2. The molecule has 4 heteroatoms. The van der Waals surface area contributed by atoms with Gasteiger partial charge in [-0.2, -0.15) is 0 Å². The maximum Gasteiger partial charge on any atom is 0.290 e. The van der Waals surface area contributed by atoms with Crippen LogP contribution in [0.15, 0.2) is 53.5 Å². The quantitative estimate of drug-likeness (QED) is 0.322. The second-order valence-electron chi connectivity index (χ2n) is 8.80. The summed E-state index contributed by atoms with van der Waals surface area (Å²) in [7, 11) is 4.46. The number of hydrogen-bond acceptors (Lipinski definition) is 3. The molecule has 0 fully saturated rings. The number of fused-ring (bicyclic) bond motifs is 1. The number of furan rings is 1. The summed E-state index contributed by atoms with van der Waals surface area (Å²) in [4.78, 5) is 0. The number of rotatable bonds is 6. The van der Waals surface area contributed by atoms with Gasteiger partial charge in [0.2, 0.25) is 0 Å². The lowest BCUT2D eigenvalue weighted by Crippen LogP contribution is -2.12. The van der Waals surface area contributed by atoms with E-state index >= 15 is 0 Å². The van der Waals surface area contributed by atoms with E-state index in [9.17, 15) is 0 Å². The fourth-order valence-corrected chi connectivity index (χ4v) is 4.45. The van der Waals surface area contributed by atoms with Crippen LogP contribution >= 0.6 is 9.24 Å². The standard InChI is InChI=1S/C27H29O3P.2C2H6/c1-16-11-17(2)20(23(12-16)28-6)13-18(3)22-7-8-26(29-22)30-24-15-21-19(14-25(24)31)9-10-27(21,4)5;2*1-2/h7-12,14-15H,3,13,31H2,1-2,4-6H3;2*1-2H3. The molecule has 1 heterocycles. The molecule has 1 unspecified atom stereocenters. The second kappa shape index (κ2) is 12.3.